The smallest absolute Gasteiger partial charge is 0.408 e. The Kier molecular flexibility index (Phi) is 5.67. The van der Waals surface area contributed by atoms with Crippen LogP contribution in [0.15, 0.2) is 50.5 Å². The van der Waals surface area contributed by atoms with Gasteiger partial charge in [0.05, 0.1) is 16.1 Å². The minimum Gasteiger partial charge on any atom is -0.408 e. The number of aromatic nitrogens is 1. The van der Waals surface area contributed by atoms with E-state index in [0.717, 1.165) is 18.4 Å². The molecular formula is C21H22FN3O5S. The van der Waals surface area contributed by atoms with Crippen LogP contribution in [0, 0.1) is 12.7 Å². The van der Waals surface area contributed by atoms with Crippen LogP contribution in [0.3, 0.4) is 0 Å². The Morgan fingerprint density at radius 2 is 1.90 bits per heavy atom. The van der Waals surface area contributed by atoms with E-state index in [1.54, 1.807) is 13.0 Å². The second kappa shape index (κ2) is 8.27. The summed E-state index contributed by atoms with van der Waals surface area (Å²) >= 11 is 0. The number of amides is 1. The van der Waals surface area contributed by atoms with Gasteiger partial charge in [-0.1, -0.05) is 6.07 Å². The zero-order valence-corrected chi connectivity index (χ0v) is 17.7. The SMILES string of the molecule is Cc1ccc(NC(=O)CCn2c(=O)oc3cc(S(=O)(=O)N4CCCC4)ccc32)c(F)c1. The van der Waals surface area contributed by atoms with E-state index < -0.39 is 27.5 Å². The Bertz CT molecular complexity index is 1310. The number of halogens is 1. The molecule has 0 saturated carbocycles. The molecule has 2 aromatic carbocycles. The minimum absolute atomic E-state index is 0.00334. The lowest BCUT2D eigenvalue weighted by molar-refractivity contribution is -0.116. The summed E-state index contributed by atoms with van der Waals surface area (Å²) in [6.07, 6.45) is 1.55. The van der Waals surface area contributed by atoms with Gasteiger partial charge in [-0.25, -0.2) is 17.6 Å². The van der Waals surface area contributed by atoms with Gasteiger partial charge in [0, 0.05) is 32.1 Å². The summed E-state index contributed by atoms with van der Waals surface area (Å²) in [5.41, 5.74) is 1.32. The first-order valence-electron chi connectivity index (χ1n) is 9.95. The predicted molar refractivity (Wildman–Crippen MR) is 113 cm³/mol. The van der Waals surface area contributed by atoms with Gasteiger partial charge in [-0.3, -0.25) is 9.36 Å². The van der Waals surface area contributed by atoms with Crippen LogP contribution >= 0.6 is 0 Å². The number of nitrogens with zero attached hydrogens (tertiary/aromatic N) is 2. The van der Waals surface area contributed by atoms with Gasteiger partial charge in [0.1, 0.15) is 5.82 Å². The highest BCUT2D eigenvalue weighted by molar-refractivity contribution is 7.89. The van der Waals surface area contributed by atoms with Crippen molar-refractivity contribution in [1.29, 1.82) is 0 Å². The molecule has 1 aliphatic heterocycles. The Labute approximate surface area is 178 Å². The number of carbonyl (C=O) groups is 1. The van der Waals surface area contributed by atoms with Gasteiger partial charge in [-0.05, 0) is 49.6 Å². The molecule has 0 atom stereocenters. The Morgan fingerprint density at radius 3 is 2.61 bits per heavy atom. The zero-order valence-electron chi connectivity index (χ0n) is 16.9. The van der Waals surface area contributed by atoms with E-state index in [-0.39, 0.29) is 29.1 Å². The molecular weight excluding hydrogens is 425 g/mol. The number of nitrogens with one attached hydrogen (secondary N) is 1. The topological polar surface area (TPSA) is 102 Å². The van der Waals surface area contributed by atoms with Crippen molar-refractivity contribution in [3.63, 3.8) is 0 Å². The van der Waals surface area contributed by atoms with Gasteiger partial charge in [-0.15, -0.1) is 0 Å². The maximum atomic E-state index is 13.9. The molecule has 0 radical (unpaired) electrons. The first-order valence-corrected chi connectivity index (χ1v) is 11.4. The molecule has 10 heteroatoms. The lowest BCUT2D eigenvalue weighted by atomic mass is 10.2. The number of anilines is 1. The third-order valence-electron chi connectivity index (χ3n) is 5.30. The van der Waals surface area contributed by atoms with Gasteiger partial charge in [-0.2, -0.15) is 4.31 Å². The van der Waals surface area contributed by atoms with Gasteiger partial charge in [0.15, 0.2) is 5.58 Å². The number of rotatable bonds is 6. The summed E-state index contributed by atoms with van der Waals surface area (Å²) in [5.74, 6) is -1.69. The molecule has 0 bridgehead atoms. The minimum atomic E-state index is -3.64. The number of sulfonamides is 1. The fraction of sp³-hybridized carbons (Fsp3) is 0.333. The van der Waals surface area contributed by atoms with E-state index in [1.165, 1.54) is 39.2 Å². The number of hydrogen-bond acceptors (Lipinski definition) is 5. The van der Waals surface area contributed by atoms with Crippen LogP contribution in [0.4, 0.5) is 10.1 Å². The molecule has 0 aliphatic carbocycles. The number of carbonyl (C=O) groups excluding carboxylic acids is 1. The summed E-state index contributed by atoms with van der Waals surface area (Å²) in [5, 5.41) is 2.48. The monoisotopic (exact) mass is 447 g/mol. The molecule has 1 aliphatic rings. The average molecular weight is 447 g/mol. The van der Waals surface area contributed by atoms with Gasteiger partial charge in [0.2, 0.25) is 15.9 Å². The summed E-state index contributed by atoms with van der Waals surface area (Å²) in [6.45, 7) is 2.69. The first kappa shape index (κ1) is 21.3. The molecule has 4 rings (SSSR count). The third kappa shape index (κ3) is 4.26. The van der Waals surface area contributed by atoms with E-state index in [2.05, 4.69) is 5.32 Å². The number of oxazole rings is 1. The Hall–Kier alpha value is -2.98. The normalized spacial score (nSPS) is 14.9. The quantitative estimate of drug-likeness (QED) is 0.626. The summed E-state index contributed by atoms with van der Waals surface area (Å²) < 4.78 is 47.2. The molecule has 8 nitrogen and oxygen atoms in total. The standard InChI is InChI=1S/C21H22FN3O5S/c1-14-4-6-17(16(22)12-14)23-20(26)8-11-25-18-7-5-15(13-19(18)30-21(25)27)31(28,29)24-9-2-3-10-24/h4-7,12-13H,2-3,8-11H2,1H3,(H,23,26). The van der Waals surface area contributed by atoms with Crippen molar-refractivity contribution < 1.29 is 22.0 Å². The fourth-order valence-electron chi connectivity index (χ4n) is 3.64. The second-order valence-electron chi connectivity index (χ2n) is 7.54. The summed E-state index contributed by atoms with van der Waals surface area (Å²) in [6, 6.07) is 8.74. The highest BCUT2D eigenvalue weighted by atomic mass is 32.2. The van der Waals surface area contributed by atoms with Crippen molar-refractivity contribution in [3.05, 3.63) is 58.3 Å². The molecule has 1 N–H and O–H groups in total. The molecule has 1 fully saturated rings. The van der Waals surface area contributed by atoms with E-state index in [1.807, 2.05) is 0 Å². The maximum absolute atomic E-state index is 13.9. The van der Waals surface area contributed by atoms with Crippen LogP contribution in [-0.4, -0.2) is 36.3 Å². The van der Waals surface area contributed by atoms with E-state index >= 15 is 0 Å². The van der Waals surface area contributed by atoms with E-state index in [0.29, 0.717) is 18.6 Å². The van der Waals surface area contributed by atoms with Crippen LogP contribution in [-0.2, 0) is 21.4 Å². The first-order chi connectivity index (χ1) is 14.8. The lowest BCUT2D eigenvalue weighted by Gasteiger charge is -2.15. The Morgan fingerprint density at radius 1 is 1.16 bits per heavy atom. The molecule has 31 heavy (non-hydrogen) atoms. The van der Waals surface area contributed by atoms with E-state index in [9.17, 15) is 22.4 Å². The molecule has 0 spiro atoms. The van der Waals surface area contributed by atoms with Crippen LogP contribution in [0.1, 0.15) is 24.8 Å². The number of aryl methyl sites for hydroxylation is 2. The van der Waals surface area contributed by atoms with Crippen LogP contribution < -0.4 is 11.1 Å². The van der Waals surface area contributed by atoms with Gasteiger partial charge >= 0.3 is 5.76 Å². The average Bonchev–Trinajstić information content (AvgIpc) is 3.36. The molecule has 0 unspecified atom stereocenters. The van der Waals surface area contributed by atoms with Crippen molar-refractivity contribution in [2.24, 2.45) is 0 Å². The molecule has 1 aromatic heterocycles. The van der Waals surface area contributed by atoms with Crippen molar-refractivity contribution in [1.82, 2.24) is 8.87 Å². The van der Waals surface area contributed by atoms with Crippen LogP contribution in [0.2, 0.25) is 0 Å². The molecule has 3 aromatic rings. The summed E-state index contributed by atoms with van der Waals surface area (Å²) in [7, 11) is -3.64. The van der Waals surface area contributed by atoms with Gasteiger partial charge in [0.25, 0.3) is 0 Å². The third-order valence-corrected chi connectivity index (χ3v) is 7.20. The van der Waals surface area contributed by atoms with Crippen molar-refractivity contribution in [3.8, 4) is 0 Å². The van der Waals surface area contributed by atoms with Gasteiger partial charge < -0.3 is 9.73 Å². The summed E-state index contributed by atoms with van der Waals surface area (Å²) in [4.78, 5) is 24.5. The zero-order chi connectivity index (χ0) is 22.2. The number of hydrogen-bond donors (Lipinski definition) is 1. The molecule has 164 valence electrons. The maximum Gasteiger partial charge on any atom is 0.419 e. The second-order valence-corrected chi connectivity index (χ2v) is 9.48. The predicted octanol–water partition coefficient (Wildman–Crippen LogP) is 2.86. The molecule has 1 saturated heterocycles. The fourth-order valence-corrected chi connectivity index (χ4v) is 5.18. The van der Waals surface area contributed by atoms with Crippen LogP contribution in [0.25, 0.3) is 11.1 Å². The van der Waals surface area contributed by atoms with Crippen molar-refractivity contribution in [2.45, 2.75) is 37.6 Å². The number of fused-ring (bicyclic) bond motifs is 1. The molecule has 2 heterocycles. The largest absolute Gasteiger partial charge is 0.419 e. The highest BCUT2D eigenvalue weighted by Gasteiger charge is 2.28. The van der Waals surface area contributed by atoms with Crippen molar-refractivity contribution >= 4 is 32.7 Å². The highest BCUT2D eigenvalue weighted by Crippen LogP contribution is 2.24. The van der Waals surface area contributed by atoms with E-state index in [4.69, 9.17) is 4.42 Å². The molecule has 1 amide bonds. The lowest BCUT2D eigenvalue weighted by Crippen LogP contribution is -2.27. The van der Waals surface area contributed by atoms with Crippen molar-refractivity contribution in [2.75, 3.05) is 18.4 Å². The number of benzene rings is 2. The van der Waals surface area contributed by atoms with Crippen LogP contribution in [0.5, 0.6) is 0 Å². The Balaban J connectivity index is 1.51.